The Morgan fingerprint density at radius 2 is 1.79 bits per heavy atom. The van der Waals surface area contributed by atoms with Crippen molar-refractivity contribution in [2.75, 3.05) is 18.5 Å². The van der Waals surface area contributed by atoms with Crippen LogP contribution in [-0.2, 0) is 21.2 Å². The van der Waals surface area contributed by atoms with Crippen LogP contribution in [0.5, 0.6) is 0 Å². The summed E-state index contributed by atoms with van der Waals surface area (Å²) < 4.78 is 28.3. The Hall–Kier alpha value is -2.18. The number of hydrogen-bond acceptors (Lipinski definition) is 3. The third kappa shape index (κ3) is 3.84. The van der Waals surface area contributed by atoms with Crippen molar-refractivity contribution >= 4 is 21.6 Å². The molecule has 0 fully saturated rings. The zero-order valence-electron chi connectivity index (χ0n) is 16.9. The molecule has 1 aliphatic heterocycles. The van der Waals surface area contributed by atoms with Crippen molar-refractivity contribution < 1.29 is 13.2 Å². The van der Waals surface area contributed by atoms with Crippen LogP contribution in [-0.4, -0.2) is 32.2 Å². The first-order chi connectivity index (χ1) is 13.2. The second-order valence-electron chi connectivity index (χ2n) is 7.69. The molecule has 0 saturated carbocycles. The molecule has 150 valence electrons. The first-order valence-corrected chi connectivity index (χ1v) is 11.1. The van der Waals surface area contributed by atoms with E-state index in [4.69, 9.17) is 0 Å². The van der Waals surface area contributed by atoms with Crippen LogP contribution < -0.4 is 4.90 Å². The number of anilines is 1. The van der Waals surface area contributed by atoms with Crippen LogP contribution in [0.25, 0.3) is 0 Å². The van der Waals surface area contributed by atoms with Crippen LogP contribution in [0.15, 0.2) is 53.4 Å². The van der Waals surface area contributed by atoms with Gasteiger partial charge in [0.25, 0.3) is 0 Å². The minimum absolute atomic E-state index is 0.0161. The largest absolute Gasteiger partial charge is 0.312 e. The van der Waals surface area contributed by atoms with Gasteiger partial charge in [-0.05, 0) is 48.1 Å². The van der Waals surface area contributed by atoms with Gasteiger partial charge in [-0.15, -0.1) is 0 Å². The summed E-state index contributed by atoms with van der Waals surface area (Å²) in [4.78, 5) is 13.9. The van der Waals surface area contributed by atoms with E-state index in [1.807, 2.05) is 44.2 Å². The van der Waals surface area contributed by atoms with Crippen molar-refractivity contribution in [3.8, 4) is 0 Å². The van der Waals surface area contributed by atoms with E-state index in [1.165, 1.54) is 4.31 Å². The number of fused-ring (bicyclic) bond motifs is 1. The monoisotopic (exact) mass is 400 g/mol. The number of carbonyl (C=O) groups is 1. The number of nitrogens with zero attached hydrogens (tertiary/aromatic N) is 2. The minimum Gasteiger partial charge on any atom is -0.312 e. The summed E-state index contributed by atoms with van der Waals surface area (Å²) in [7, 11) is -2.03. The number of aryl methyl sites for hydroxylation is 1. The fourth-order valence-electron chi connectivity index (χ4n) is 4.04. The Morgan fingerprint density at radius 1 is 1.11 bits per heavy atom. The molecule has 1 amide bonds. The van der Waals surface area contributed by atoms with Crippen LogP contribution in [0.4, 0.5) is 5.69 Å². The number of hydrogen-bond donors (Lipinski definition) is 0. The number of amides is 1. The number of sulfonamides is 1. The fourth-order valence-corrected chi connectivity index (χ4v) is 5.57. The number of benzene rings is 2. The molecule has 28 heavy (non-hydrogen) atoms. The molecule has 2 aromatic rings. The van der Waals surface area contributed by atoms with Crippen molar-refractivity contribution in [1.29, 1.82) is 0 Å². The lowest BCUT2D eigenvalue weighted by molar-refractivity contribution is -0.116. The highest BCUT2D eigenvalue weighted by molar-refractivity contribution is 7.89. The van der Waals surface area contributed by atoms with E-state index < -0.39 is 10.0 Å². The molecule has 3 rings (SSSR count). The highest BCUT2D eigenvalue weighted by Gasteiger charge is 2.32. The molecular weight excluding hydrogens is 372 g/mol. The molecule has 1 heterocycles. The minimum atomic E-state index is -3.67. The van der Waals surface area contributed by atoms with E-state index in [0.717, 1.165) is 29.7 Å². The Labute approximate surface area is 168 Å². The molecule has 1 unspecified atom stereocenters. The number of rotatable bonds is 5. The normalized spacial score (nSPS) is 15.6. The van der Waals surface area contributed by atoms with Crippen LogP contribution >= 0.6 is 0 Å². The maximum Gasteiger partial charge on any atom is 0.243 e. The van der Waals surface area contributed by atoms with Crippen LogP contribution in [0, 0.1) is 5.92 Å². The fraction of sp³-hybridized carbons (Fsp3) is 0.409. The van der Waals surface area contributed by atoms with Gasteiger partial charge in [0, 0.05) is 26.2 Å². The zero-order valence-corrected chi connectivity index (χ0v) is 17.7. The first kappa shape index (κ1) is 20.6. The topological polar surface area (TPSA) is 57.7 Å². The van der Waals surface area contributed by atoms with Gasteiger partial charge in [-0.3, -0.25) is 4.79 Å². The third-order valence-electron chi connectivity index (χ3n) is 5.39. The van der Waals surface area contributed by atoms with Crippen LogP contribution in [0.2, 0.25) is 0 Å². The van der Waals surface area contributed by atoms with E-state index in [0.29, 0.717) is 6.54 Å². The van der Waals surface area contributed by atoms with Gasteiger partial charge in [-0.1, -0.05) is 44.2 Å². The summed E-state index contributed by atoms with van der Waals surface area (Å²) in [5.41, 5.74) is 2.71. The second-order valence-corrected chi connectivity index (χ2v) is 9.68. The molecular formula is C22H28N2O3S. The zero-order chi connectivity index (χ0) is 20.5. The molecule has 0 spiro atoms. The Bertz CT molecular complexity index is 955. The Morgan fingerprint density at radius 3 is 2.39 bits per heavy atom. The Balaban J connectivity index is 1.99. The maximum absolute atomic E-state index is 13.4. The molecule has 0 bridgehead atoms. The summed E-state index contributed by atoms with van der Waals surface area (Å²) in [5, 5.41) is 0. The van der Waals surface area contributed by atoms with Gasteiger partial charge < -0.3 is 4.90 Å². The van der Waals surface area contributed by atoms with Gasteiger partial charge in [0.05, 0.1) is 10.9 Å². The van der Waals surface area contributed by atoms with Gasteiger partial charge in [0.1, 0.15) is 0 Å². The smallest absolute Gasteiger partial charge is 0.243 e. The van der Waals surface area contributed by atoms with Crippen LogP contribution in [0.3, 0.4) is 0 Å². The van der Waals surface area contributed by atoms with Crippen molar-refractivity contribution in [3.05, 3.63) is 59.7 Å². The highest BCUT2D eigenvalue weighted by Crippen LogP contribution is 2.34. The molecule has 0 saturated heterocycles. The second kappa shape index (κ2) is 8.05. The lowest BCUT2D eigenvalue weighted by Gasteiger charge is -2.32. The SMILES string of the molecule is CC(=O)N1CCCc2cc(S(=O)(=O)N(C)C(c3ccccc3)C(C)C)ccc21. The van der Waals surface area contributed by atoms with Gasteiger partial charge in [0.15, 0.2) is 0 Å². The van der Waals surface area contributed by atoms with Gasteiger partial charge in [-0.25, -0.2) is 8.42 Å². The first-order valence-electron chi connectivity index (χ1n) is 9.67. The summed E-state index contributed by atoms with van der Waals surface area (Å²) in [6, 6.07) is 14.6. The third-order valence-corrected chi connectivity index (χ3v) is 7.23. The van der Waals surface area contributed by atoms with E-state index >= 15 is 0 Å². The maximum atomic E-state index is 13.4. The van der Waals surface area contributed by atoms with Crippen molar-refractivity contribution in [2.45, 2.75) is 44.6 Å². The molecule has 2 aromatic carbocycles. The van der Waals surface area contributed by atoms with Gasteiger partial charge in [-0.2, -0.15) is 4.31 Å². The molecule has 0 aliphatic carbocycles. The molecule has 1 aliphatic rings. The van der Waals surface area contributed by atoms with Crippen molar-refractivity contribution in [2.24, 2.45) is 5.92 Å². The highest BCUT2D eigenvalue weighted by atomic mass is 32.2. The van der Waals surface area contributed by atoms with E-state index in [9.17, 15) is 13.2 Å². The summed E-state index contributed by atoms with van der Waals surface area (Å²) in [6.45, 7) is 6.28. The molecule has 0 aromatic heterocycles. The lowest BCUT2D eigenvalue weighted by Crippen LogP contribution is -2.35. The number of carbonyl (C=O) groups excluding carboxylic acids is 1. The summed E-state index contributed by atoms with van der Waals surface area (Å²) in [5.74, 6) is 0.102. The quantitative estimate of drug-likeness (QED) is 0.762. The Kier molecular flexibility index (Phi) is 5.91. The summed E-state index contributed by atoms with van der Waals surface area (Å²) >= 11 is 0. The van der Waals surface area contributed by atoms with Gasteiger partial charge >= 0.3 is 0 Å². The standard InChI is InChI=1S/C22H28N2O3S/c1-16(2)22(18-9-6-5-7-10-18)23(4)28(26,27)20-12-13-21-19(15-20)11-8-14-24(21)17(3)25/h5-7,9-10,12-13,15-16,22H,8,11,14H2,1-4H3. The molecule has 5 nitrogen and oxygen atoms in total. The van der Waals surface area contributed by atoms with E-state index in [2.05, 4.69) is 0 Å². The van der Waals surface area contributed by atoms with Gasteiger partial charge in [0.2, 0.25) is 15.9 Å². The van der Waals surface area contributed by atoms with E-state index in [1.54, 1.807) is 37.1 Å². The molecule has 0 radical (unpaired) electrons. The lowest BCUT2D eigenvalue weighted by atomic mass is 9.96. The van der Waals surface area contributed by atoms with E-state index in [-0.39, 0.29) is 22.8 Å². The average molecular weight is 401 g/mol. The molecule has 1 atom stereocenters. The molecule has 6 heteroatoms. The van der Waals surface area contributed by atoms with Crippen molar-refractivity contribution in [3.63, 3.8) is 0 Å². The molecule has 0 N–H and O–H groups in total. The van der Waals surface area contributed by atoms with Crippen LogP contribution in [0.1, 0.15) is 44.4 Å². The summed E-state index contributed by atoms with van der Waals surface area (Å²) in [6.07, 6.45) is 1.61. The predicted molar refractivity (Wildman–Crippen MR) is 112 cm³/mol. The van der Waals surface area contributed by atoms with Crippen molar-refractivity contribution in [1.82, 2.24) is 4.31 Å². The predicted octanol–water partition coefficient (Wildman–Crippen LogP) is 4.00. The average Bonchev–Trinajstić information content (AvgIpc) is 2.67.